The number of methoxy groups -OCH3 is 4. The van der Waals surface area contributed by atoms with Crippen LogP contribution in [0.3, 0.4) is 0 Å². The average molecular weight is 783 g/mol. The second-order valence-electron chi connectivity index (χ2n) is 15.7. The first kappa shape index (κ1) is 53.6. The Morgan fingerprint density at radius 1 is 0.327 bits per heavy atom. The molecule has 0 spiro atoms. The molecule has 0 bridgehead atoms. The summed E-state index contributed by atoms with van der Waals surface area (Å²) in [5.74, 6) is 3.40. The first-order valence-corrected chi connectivity index (χ1v) is 23.5. The Morgan fingerprint density at radius 2 is 0.600 bits per heavy atom. The lowest BCUT2D eigenvalue weighted by molar-refractivity contribution is -0.166. The predicted molar refractivity (Wildman–Crippen MR) is 233 cm³/mol. The van der Waals surface area contributed by atoms with E-state index in [1.165, 1.54) is 154 Å². The second kappa shape index (κ2) is 42.2. The zero-order valence-corrected chi connectivity index (χ0v) is 38.1. The Balaban J connectivity index is 5.28. The summed E-state index contributed by atoms with van der Waals surface area (Å²) in [7, 11) is 7.00. The van der Waals surface area contributed by atoms with Crippen molar-refractivity contribution in [3.63, 3.8) is 0 Å². The molecule has 2 unspecified atom stereocenters. The van der Waals surface area contributed by atoms with Gasteiger partial charge < -0.3 is 33.2 Å². The molecule has 7 heteroatoms. The van der Waals surface area contributed by atoms with Gasteiger partial charge in [0.05, 0.1) is 28.4 Å². The minimum Gasteiger partial charge on any atom is -0.497 e. The van der Waals surface area contributed by atoms with Crippen LogP contribution in [0, 0.1) is 0 Å². The monoisotopic (exact) mass is 783 g/mol. The lowest BCUT2D eigenvalue weighted by atomic mass is 10.0. The lowest BCUT2D eigenvalue weighted by Crippen LogP contribution is -2.24. The number of hydrogen-bond donors (Lipinski definition) is 0. The van der Waals surface area contributed by atoms with E-state index in [0.29, 0.717) is 0 Å². The van der Waals surface area contributed by atoms with Crippen LogP contribution in [0.5, 0.6) is 0 Å². The molecule has 0 aliphatic rings. The fourth-order valence-electron chi connectivity index (χ4n) is 7.44. The summed E-state index contributed by atoms with van der Waals surface area (Å²) in [4.78, 5) is 0. The molecule has 0 N–H and O–H groups in total. The molecule has 0 saturated carbocycles. The first-order chi connectivity index (χ1) is 27.1. The third-order valence-electron chi connectivity index (χ3n) is 10.9. The summed E-state index contributed by atoms with van der Waals surface area (Å²) in [5, 5.41) is 0. The second-order valence-corrected chi connectivity index (χ2v) is 15.7. The van der Waals surface area contributed by atoms with E-state index in [1.807, 2.05) is 0 Å². The number of rotatable bonds is 44. The van der Waals surface area contributed by atoms with Crippen LogP contribution in [-0.2, 0) is 33.2 Å². The van der Waals surface area contributed by atoms with Gasteiger partial charge in [0.2, 0.25) is 0 Å². The molecule has 0 fully saturated rings. The normalized spacial score (nSPS) is 13.7. The summed E-state index contributed by atoms with van der Waals surface area (Å²) in [6, 6.07) is 0. The van der Waals surface area contributed by atoms with Crippen LogP contribution in [0.25, 0.3) is 0 Å². The van der Waals surface area contributed by atoms with Crippen molar-refractivity contribution in [2.24, 2.45) is 0 Å². The molecular formula is C48H94O7. The van der Waals surface area contributed by atoms with Gasteiger partial charge in [-0.25, -0.2) is 0 Å². The molecule has 0 heterocycles. The highest BCUT2D eigenvalue weighted by Gasteiger charge is 2.23. The zero-order chi connectivity index (χ0) is 40.5. The van der Waals surface area contributed by atoms with Crippen LogP contribution < -0.4 is 0 Å². The van der Waals surface area contributed by atoms with E-state index in [-0.39, 0.29) is 25.8 Å². The Hall–Kier alpha value is -1.44. The smallest absolute Gasteiger partial charge is 0.162 e. The molecule has 0 rings (SSSR count). The number of ether oxygens (including phenoxy) is 7. The van der Waals surface area contributed by atoms with Crippen LogP contribution in [-0.4, -0.2) is 54.2 Å². The van der Waals surface area contributed by atoms with Crippen LogP contribution in [0.1, 0.15) is 233 Å². The van der Waals surface area contributed by atoms with Crippen molar-refractivity contribution < 1.29 is 33.2 Å². The van der Waals surface area contributed by atoms with Crippen molar-refractivity contribution in [1.82, 2.24) is 0 Å². The van der Waals surface area contributed by atoms with Crippen molar-refractivity contribution in [2.75, 3.05) is 42.0 Å². The van der Waals surface area contributed by atoms with Gasteiger partial charge in [0.25, 0.3) is 0 Å². The lowest BCUT2D eigenvalue weighted by Gasteiger charge is -2.24. The maximum Gasteiger partial charge on any atom is 0.162 e. The van der Waals surface area contributed by atoms with Crippen molar-refractivity contribution in [1.29, 1.82) is 0 Å². The summed E-state index contributed by atoms with van der Waals surface area (Å²) in [5.41, 5.74) is 0. The molecule has 2 atom stereocenters. The van der Waals surface area contributed by atoms with Gasteiger partial charge >= 0.3 is 0 Å². The van der Waals surface area contributed by atoms with E-state index < -0.39 is 0 Å². The molecule has 0 aromatic carbocycles. The van der Waals surface area contributed by atoms with Crippen LogP contribution >= 0.6 is 0 Å². The molecule has 328 valence electrons. The minimum absolute atomic E-state index is 0.116. The topological polar surface area (TPSA) is 64.6 Å². The van der Waals surface area contributed by atoms with Gasteiger partial charge in [-0.3, -0.25) is 0 Å². The number of allylic oxidation sites excluding steroid dienone is 2. The van der Waals surface area contributed by atoms with Crippen molar-refractivity contribution >= 4 is 0 Å². The van der Waals surface area contributed by atoms with E-state index in [0.717, 1.165) is 74.4 Å². The Bertz CT molecular complexity index is 789. The van der Waals surface area contributed by atoms with E-state index in [4.69, 9.17) is 33.2 Å². The molecule has 0 aromatic rings. The molecule has 0 radical (unpaired) electrons. The van der Waals surface area contributed by atoms with E-state index in [1.54, 1.807) is 28.4 Å². The average Bonchev–Trinajstić information content (AvgIpc) is 3.20. The molecule has 55 heavy (non-hydrogen) atoms. The van der Waals surface area contributed by atoms with Crippen molar-refractivity contribution in [2.45, 2.75) is 245 Å². The third-order valence-corrected chi connectivity index (χ3v) is 10.9. The standard InChI is InChI=1S/C48H94O7/c1-9-13-17-21-23-25-27-29-31-35-37-43(49-5)47(51-7)45(39-33-19-15-11-3)54-41-53-42-55-46(40-34-20-16-12-4)48(52-8)44(50-6)38-36-32-30-28-26-24-22-18-14-10-2/h45-46H,9-42H2,1-8H3. The summed E-state index contributed by atoms with van der Waals surface area (Å²) in [6.45, 7) is 9.28. The number of hydrogen-bond acceptors (Lipinski definition) is 7. The van der Waals surface area contributed by atoms with Gasteiger partial charge in [-0.05, 0) is 25.7 Å². The maximum absolute atomic E-state index is 6.39. The van der Waals surface area contributed by atoms with Gasteiger partial charge in [0.1, 0.15) is 23.7 Å². The summed E-state index contributed by atoms with van der Waals surface area (Å²) >= 11 is 0. The fraction of sp³-hybridized carbons (Fsp3) is 0.917. The number of unbranched alkanes of at least 4 members (excludes halogenated alkanes) is 24. The maximum atomic E-state index is 6.39. The molecule has 0 aromatic heterocycles. The largest absolute Gasteiger partial charge is 0.497 e. The van der Waals surface area contributed by atoms with Crippen LogP contribution in [0.4, 0.5) is 0 Å². The highest BCUT2D eigenvalue weighted by molar-refractivity contribution is 5.08. The highest BCUT2D eigenvalue weighted by Crippen LogP contribution is 2.26. The Labute approximate surface area is 342 Å². The van der Waals surface area contributed by atoms with Crippen molar-refractivity contribution in [3.8, 4) is 0 Å². The van der Waals surface area contributed by atoms with Gasteiger partial charge in [0.15, 0.2) is 25.1 Å². The zero-order valence-electron chi connectivity index (χ0n) is 38.1. The van der Waals surface area contributed by atoms with E-state index in [2.05, 4.69) is 27.7 Å². The van der Waals surface area contributed by atoms with Gasteiger partial charge in [-0.2, -0.15) is 0 Å². The highest BCUT2D eigenvalue weighted by atomic mass is 16.7. The van der Waals surface area contributed by atoms with Gasteiger partial charge in [-0.15, -0.1) is 0 Å². The van der Waals surface area contributed by atoms with Crippen LogP contribution in [0.15, 0.2) is 23.0 Å². The van der Waals surface area contributed by atoms with E-state index in [9.17, 15) is 0 Å². The molecular weight excluding hydrogens is 689 g/mol. The van der Waals surface area contributed by atoms with Gasteiger partial charge in [-0.1, -0.05) is 195 Å². The third kappa shape index (κ3) is 30.3. The molecule has 0 aliphatic carbocycles. The Kier molecular flexibility index (Phi) is 41.1. The van der Waals surface area contributed by atoms with E-state index >= 15 is 0 Å². The van der Waals surface area contributed by atoms with Gasteiger partial charge in [0, 0.05) is 12.8 Å². The predicted octanol–water partition coefficient (Wildman–Crippen LogP) is 15.3. The molecule has 0 aliphatic heterocycles. The summed E-state index contributed by atoms with van der Waals surface area (Å²) in [6.07, 6.45) is 38.5. The first-order valence-electron chi connectivity index (χ1n) is 23.5. The summed E-state index contributed by atoms with van der Waals surface area (Å²) < 4.78 is 42.6. The molecule has 0 amide bonds. The molecule has 7 nitrogen and oxygen atoms in total. The molecule has 0 saturated heterocycles. The van der Waals surface area contributed by atoms with Crippen LogP contribution in [0.2, 0.25) is 0 Å². The SMILES string of the molecule is CCCCCCCCCCCCC(OC)=C(OC)C(CCCCCC)OCOCOC(CCCCCC)C(OC)=C(CCCCCCCCCCCC)OC. The quantitative estimate of drug-likeness (QED) is 0.0346. The van der Waals surface area contributed by atoms with Crippen molar-refractivity contribution in [3.05, 3.63) is 23.0 Å². The Morgan fingerprint density at radius 3 is 0.873 bits per heavy atom. The minimum atomic E-state index is -0.222. The fourth-order valence-corrected chi connectivity index (χ4v) is 7.44.